The van der Waals surface area contributed by atoms with Crippen LogP contribution in [-0.4, -0.2) is 54.7 Å². The molecule has 0 radical (unpaired) electrons. The normalized spacial score (nSPS) is 17.1. The minimum absolute atomic E-state index is 0.000449. The molecule has 1 aliphatic rings. The van der Waals surface area contributed by atoms with Crippen LogP contribution in [0.5, 0.6) is 0 Å². The van der Waals surface area contributed by atoms with E-state index in [0.717, 1.165) is 49.4 Å². The van der Waals surface area contributed by atoms with Crippen molar-refractivity contribution in [1.82, 2.24) is 15.2 Å². The number of benzene rings is 1. The standard InChI is InChI=1S/C19H27N3O2S/c1-3-14(4-2)17(22-7-9-24-10-8-22)12-20-19(23)15-5-6-16-18(11-15)25-13-21-16/h5-6,11,13-14,17H,3-4,7-10,12H2,1-2H3,(H,20,23)/t17-/m0/s1. The van der Waals surface area contributed by atoms with Crippen LogP contribution >= 0.6 is 11.3 Å². The van der Waals surface area contributed by atoms with E-state index in [9.17, 15) is 4.79 Å². The van der Waals surface area contributed by atoms with Crippen LogP contribution in [0.4, 0.5) is 0 Å². The summed E-state index contributed by atoms with van der Waals surface area (Å²) in [5, 5.41) is 3.17. The SMILES string of the molecule is CCC(CC)[C@H](CNC(=O)c1ccc2ncsc2c1)N1CCOCC1. The summed E-state index contributed by atoms with van der Waals surface area (Å²) < 4.78 is 6.54. The quantitative estimate of drug-likeness (QED) is 0.823. The maximum absolute atomic E-state index is 12.6. The molecule has 6 heteroatoms. The number of thiazole rings is 1. The Morgan fingerprint density at radius 2 is 2.08 bits per heavy atom. The third kappa shape index (κ3) is 4.37. The number of ether oxygens (including phenoxy) is 1. The number of amides is 1. The molecule has 1 atom stereocenters. The first kappa shape index (κ1) is 18.3. The van der Waals surface area contributed by atoms with Crippen molar-refractivity contribution in [3.8, 4) is 0 Å². The first-order chi connectivity index (χ1) is 12.2. The minimum Gasteiger partial charge on any atom is -0.379 e. The number of carbonyl (C=O) groups excluding carboxylic acids is 1. The number of carbonyl (C=O) groups is 1. The number of nitrogens with zero attached hydrogens (tertiary/aromatic N) is 2. The fourth-order valence-electron chi connectivity index (χ4n) is 3.63. The monoisotopic (exact) mass is 361 g/mol. The van der Waals surface area contributed by atoms with Gasteiger partial charge < -0.3 is 10.1 Å². The van der Waals surface area contributed by atoms with Gasteiger partial charge >= 0.3 is 0 Å². The van der Waals surface area contributed by atoms with E-state index in [2.05, 4.69) is 29.0 Å². The number of aromatic nitrogens is 1. The van der Waals surface area contributed by atoms with Crippen molar-refractivity contribution in [2.75, 3.05) is 32.8 Å². The van der Waals surface area contributed by atoms with E-state index < -0.39 is 0 Å². The first-order valence-electron chi connectivity index (χ1n) is 9.16. The van der Waals surface area contributed by atoms with Gasteiger partial charge in [-0.25, -0.2) is 4.98 Å². The van der Waals surface area contributed by atoms with Crippen LogP contribution in [0.15, 0.2) is 23.7 Å². The molecule has 1 aliphatic heterocycles. The van der Waals surface area contributed by atoms with Crippen LogP contribution in [0.25, 0.3) is 10.2 Å². The van der Waals surface area contributed by atoms with E-state index in [1.165, 1.54) is 0 Å². The fourth-order valence-corrected chi connectivity index (χ4v) is 4.35. The fraction of sp³-hybridized carbons (Fsp3) is 0.579. The Morgan fingerprint density at radius 1 is 1.32 bits per heavy atom. The Morgan fingerprint density at radius 3 is 2.80 bits per heavy atom. The molecule has 1 saturated heterocycles. The summed E-state index contributed by atoms with van der Waals surface area (Å²) >= 11 is 1.56. The van der Waals surface area contributed by atoms with Crippen molar-refractivity contribution < 1.29 is 9.53 Å². The molecule has 1 aromatic carbocycles. The van der Waals surface area contributed by atoms with Crippen molar-refractivity contribution in [2.45, 2.75) is 32.7 Å². The van der Waals surface area contributed by atoms with Crippen LogP contribution in [0.2, 0.25) is 0 Å². The van der Waals surface area contributed by atoms with E-state index in [1.54, 1.807) is 11.3 Å². The zero-order valence-corrected chi connectivity index (χ0v) is 15.8. The van der Waals surface area contributed by atoms with Crippen molar-refractivity contribution in [3.05, 3.63) is 29.3 Å². The maximum Gasteiger partial charge on any atom is 0.251 e. The molecule has 0 saturated carbocycles. The average molecular weight is 362 g/mol. The van der Waals surface area contributed by atoms with E-state index in [4.69, 9.17) is 4.74 Å². The Balaban J connectivity index is 1.67. The lowest BCUT2D eigenvalue weighted by Crippen LogP contribution is -2.52. The third-order valence-corrected chi connectivity index (χ3v) is 5.96. The number of hydrogen-bond acceptors (Lipinski definition) is 5. The van der Waals surface area contributed by atoms with Gasteiger partial charge in [-0.2, -0.15) is 0 Å². The summed E-state index contributed by atoms with van der Waals surface area (Å²) in [5.41, 5.74) is 3.47. The highest BCUT2D eigenvalue weighted by Gasteiger charge is 2.27. The van der Waals surface area contributed by atoms with Crippen molar-refractivity contribution in [3.63, 3.8) is 0 Å². The maximum atomic E-state index is 12.6. The minimum atomic E-state index is -0.000449. The van der Waals surface area contributed by atoms with Gasteiger partial charge in [0.2, 0.25) is 0 Å². The molecule has 5 nitrogen and oxygen atoms in total. The summed E-state index contributed by atoms with van der Waals surface area (Å²) in [7, 11) is 0. The highest BCUT2D eigenvalue weighted by molar-refractivity contribution is 7.16. The van der Waals surface area contributed by atoms with Gasteiger partial charge in [-0.05, 0) is 24.1 Å². The Kier molecular flexibility index (Phi) is 6.39. The van der Waals surface area contributed by atoms with E-state index >= 15 is 0 Å². The number of hydrogen-bond donors (Lipinski definition) is 1. The van der Waals surface area contributed by atoms with Crippen LogP contribution in [0, 0.1) is 5.92 Å². The largest absolute Gasteiger partial charge is 0.379 e. The molecule has 0 aliphatic carbocycles. The predicted molar refractivity (Wildman–Crippen MR) is 102 cm³/mol. The number of fused-ring (bicyclic) bond motifs is 1. The summed E-state index contributed by atoms with van der Waals surface area (Å²) in [5.74, 6) is 0.585. The van der Waals surface area contributed by atoms with Gasteiger partial charge in [0, 0.05) is 31.2 Å². The smallest absolute Gasteiger partial charge is 0.251 e. The Hall–Kier alpha value is -1.50. The molecule has 2 aromatic rings. The number of nitrogens with one attached hydrogen (secondary N) is 1. The van der Waals surface area contributed by atoms with E-state index in [1.807, 2.05) is 23.7 Å². The van der Waals surface area contributed by atoms with Gasteiger partial charge in [0.05, 0.1) is 28.9 Å². The van der Waals surface area contributed by atoms with Gasteiger partial charge in [-0.1, -0.05) is 26.7 Å². The van der Waals surface area contributed by atoms with Gasteiger partial charge in [0.25, 0.3) is 5.91 Å². The third-order valence-electron chi connectivity index (χ3n) is 5.17. The molecule has 1 amide bonds. The molecule has 0 bridgehead atoms. The van der Waals surface area contributed by atoms with Crippen molar-refractivity contribution in [2.24, 2.45) is 5.92 Å². The Bertz CT molecular complexity index is 693. The predicted octanol–water partition coefficient (Wildman–Crippen LogP) is 3.16. The number of rotatable bonds is 7. The zero-order valence-electron chi connectivity index (χ0n) is 15.0. The van der Waals surface area contributed by atoms with Crippen LogP contribution < -0.4 is 5.32 Å². The highest BCUT2D eigenvalue weighted by atomic mass is 32.1. The molecule has 2 heterocycles. The molecular weight excluding hydrogens is 334 g/mol. The molecule has 1 N–H and O–H groups in total. The van der Waals surface area contributed by atoms with E-state index in [0.29, 0.717) is 24.1 Å². The molecule has 0 spiro atoms. The second-order valence-corrected chi connectivity index (χ2v) is 7.42. The molecular formula is C19H27N3O2S. The van der Waals surface area contributed by atoms with Gasteiger partial charge in [0.15, 0.2) is 0 Å². The molecule has 3 rings (SSSR count). The lowest BCUT2D eigenvalue weighted by molar-refractivity contribution is 0.00191. The topological polar surface area (TPSA) is 54.5 Å². The lowest BCUT2D eigenvalue weighted by atomic mass is 9.92. The van der Waals surface area contributed by atoms with Gasteiger partial charge in [-0.15, -0.1) is 11.3 Å². The zero-order chi connectivity index (χ0) is 17.6. The average Bonchev–Trinajstić information content (AvgIpc) is 3.13. The number of morpholine rings is 1. The molecule has 136 valence electrons. The Labute approximate surface area is 153 Å². The van der Waals surface area contributed by atoms with Crippen LogP contribution in [0.1, 0.15) is 37.0 Å². The van der Waals surface area contributed by atoms with Crippen LogP contribution in [0.3, 0.4) is 0 Å². The van der Waals surface area contributed by atoms with Gasteiger partial charge in [-0.3, -0.25) is 9.69 Å². The summed E-state index contributed by atoms with van der Waals surface area (Å²) in [6, 6.07) is 6.08. The lowest BCUT2D eigenvalue weighted by Gasteiger charge is -2.38. The summed E-state index contributed by atoms with van der Waals surface area (Å²) in [6.45, 7) is 8.63. The summed E-state index contributed by atoms with van der Waals surface area (Å²) in [6.07, 6.45) is 2.25. The highest BCUT2D eigenvalue weighted by Crippen LogP contribution is 2.21. The van der Waals surface area contributed by atoms with E-state index in [-0.39, 0.29) is 5.91 Å². The van der Waals surface area contributed by atoms with Crippen molar-refractivity contribution in [1.29, 1.82) is 0 Å². The van der Waals surface area contributed by atoms with Crippen LogP contribution in [-0.2, 0) is 4.74 Å². The second kappa shape index (κ2) is 8.74. The molecule has 1 fully saturated rings. The second-order valence-electron chi connectivity index (χ2n) is 6.54. The summed E-state index contributed by atoms with van der Waals surface area (Å²) in [4.78, 5) is 19.4. The molecule has 1 aromatic heterocycles. The van der Waals surface area contributed by atoms with Gasteiger partial charge in [0.1, 0.15) is 0 Å². The molecule has 0 unspecified atom stereocenters. The molecule has 25 heavy (non-hydrogen) atoms. The first-order valence-corrected chi connectivity index (χ1v) is 10.0. The van der Waals surface area contributed by atoms with Crippen molar-refractivity contribution >= 4 is 27.5 Å².